The molecule has 68 valence electrons. The maximum absolute atomic E-state index is 10.7. The summed E-state index contributed by atoms with van der Waals surface area (Å²) in [6.45, 7) is 1.79. The van der Waals surface area contributed by atoms with Gasteiger partial charge in [0, 0.05) is 5.92 Å². The van der Waals surface area contributed by atoms with E-state index in [0.717, 1.165) is 5.69 Å². The first-order chi connectivity index (χ1) is 6.13. The smallest absolute Gasteiger partial charge is 0.384 e. The Morgan fingerprint density at radius 3 is 2.85 bits per heavy atom. The number of nitrogens with two attached hydrogens (primary N) is 1. The van der Waals surface area contributed by atoms with E-state index >= 15 is 0 Å². The van der Waals surface area contributed by atoms with Crippen LogP contribution in [0.15, 0.2) is 0 Å². The standard InChI is InChI=1S/C8H8N2O2S/c1-5-6(13-8(9)10-5)3-4-7(11)12-2/h1-2H3,(H2,9,10). The number of ether oxygens (including phenoxy) is 1. The van der Waals surface area contributed by atoms with Crippen molar-refractivity contribution in [1.29, 1.82) is 0 Å². The molecule has 0 aliphatic carbocycles. The molecule has 0 aliphatic rings. The van der Waals surface area contributed by atoms with E-state index in [1.807, 2.05) is 0 Å². The van der Waals surface area contributed by atoms with Crippen molar-refractivity contribution in [3.8, 4) is 11.8 Å². The number of esters is 1. The molecule has 2 N–H and O–H groups in total. The van der Waals surface area contributed by atoms with Gasteiger partial charge in [-0.05, 0) is 12.8 Å². The third-order valence-electron chi connectivity index (χ3n) is 1.28. The molecular formula is C8H8N2O2S. The van der Waals surface area contributed by atoms with E-state index in [0.29, 0.717) is 10.0 Å². The Labute approximate surface area is 79.7 Å². The van der Waals surface area contributed by atoms with Gasteiger partial charge in [0.1, 0.15) is 4.88 Å². The Bertz CT molecular complexity index is 387. The van der Waals surface area contributed by atoms with Crippen LogP contribution in [0.3, 0.4) is 0 Å². The zero-order chi connectivity index (χ0) is 9.84. The maximum atomic E-state index is 10.7. The summed E-state index contributed by atoms with van der Waals surface area (Å²) < 4.78 is 4.36. The first-order valence-corrected chi connectivity index (χ1v) is 4.28. The molecule has 0 saturated heterocycles. The number of nitrogens with zero attached hydrogens (tertiary/aromatic N) is 1. The molecule has 0 unspecified atom stereocenters. The van der Waals surface area contributed by atoms with Crippen LogP contribution in [0.25, 0.3) is 0 Å². The lowest BCUT2D eigenvalue weighted by molar-refractivity contribution is -0.133. The second-order valence-electron chi connectivity index (χ2n) is 2.21. The molecule has 1 rings (SSSR count). The van der Waals surface area contributed by atoms with Gasteiger partial charge in [-0.1, -0.05) is 11.3 Å². The zero-order valence-electron chi connectivity index (χ0n) is 7.25. The lowest BCUT2D eigenvalue weighted by Gasteiger charge is -1.84. The largest absolute Gasteiger partial charge is 0.459 e. The lowest BCUT2D eigenvalue weighted by atomic mass is 10.4. The van der Waals surface area contributed by atoms with Gasteiger partial charge in [0.2, 0.25) is 0 Å². The highest BCUT2D eigenvalue weighted by Gasteiger charge is 2.01. The van der Waals surface area contributed by atoms with Crippen LogP contribution in [0, 0.1) is 18.8 Å². The molecule has 1 aromatic rings. The van der Waals surface area contributed by atoms with E-state index in [9.17, 15) is 4.79 Å². The molecule has 0 fully saturated rings. The third-order valence-corrected chi connectivity index (χ3v) is 2.18. The van der Waals surface area contributed by atoms with Gasteiger partial charge in [-0.3, -0.25) is 0 Å². The number of hydrogen-bond donors (Lipinski definition) is 1. The number of thiazole rings is 1. The first-order valence-electron chi connectivity index (χ1n) is 3.46. The minimum Gasteiger partial charge on any atom is -0.459 e. The summed E-state index contributed by atoms with van der Waals surface area (Å²) in [4.78, 5) is 15.3. The predicted molar refractivity (Wildman–Crippen MR) is 50.2 cm³/mol. The number of carbonyl (C=O) groups excluding carboxylic acids is 1. The minimum absolute atomic E-state index is 0.451. The number of anilines is 1. The number of carbonyl (C=O) groups is 1. The molecule has 0 spiro atoms. The minimum atomic E-state index is -0.564. The fourth-order valence-electron chi connectivity index (χ4n) is 0.692. The molecule has 0 saturated carbocycles. The normalized spacial score (nSPS) is 8.77. The molecule has 0 atom stereocenters. The molecule has 0 radical (unpaired) electrons. The highest BCUT2D eigenvalue weighted by Crippen LogP contribution is 2.17. The molecule has 0 bridgehead atoms. The van der Waals surface area contributed by atoms with Crippen LogP contribution in [0.5, 0.6) is 0 Å². The van der Waals surface area contributed by atoms with Gasteiger partial charge in [-0.15, -0.1) is 0 Å². The summed E-state index contributed by atoms with van der Waals surface area (Å²) in [5.41, 5.74) is 6.18. The van der Waals surface area contributed by atoms with E-state index < -0.39 is 5.97 Å². The first kappa shape index (κ1) is 9.55. The average Bonchev–Trinajstić information content (AvgIpc) is 2.41. The molecule has 5 heteroatoms. The van der Waals surface area contributed by atoms with Crippen molar-refractivity contribution < 1.29 is 9.53 Å². The van der Waals surface area contributed by atoms with Crippen molar-refractivity contribution in [1.82, 2.24) is 4.98 Å². The van der Waals surface area contributed by atoms with Crippen molar-refractivity contribution >= 4 is 22.4 Å². The van der Waals surface area contributed by atoms with Crippen molar-refractivity contribution in [3.05, 3.63) is 10.6 Å². The third kappa shape index (κ3) is 2.46. The monoisotopic (exact) mass is 196 g/mol. The van der Waals surface area contributed by atoms with Gasteiger partial charge in [-0.2, -0.15) is 0 Å². The Kier molecular flexibility index (Phi) is 2.88. The topological polar surface area (TPSA) is 65.2 Å². The second-order valence-corrected chi connectivity index (χ2v) is 3.24. The quantitative estimate of drug-likeness (QED) is 0.486. The van der Waals surface area contributed by atoms with E-state index in [2.05, 4.69) is 21.6 Å². The van der Waals surface area contributed by atoms with Gasteiger partial charge in [0.05, 0.1) is 12.8 Å². The van der Waals surface area contributed by atoms with Gasteiger partial charge in [0.25, 0.3) is 0 Å². The highest BCUT2D eigenvalue weighted by atomic mass is 32.1. The number of rotatable bonds is 0. The molecule has 0 amide bonds. The van der Waals surface area contributed by atoms with E-state index in [4.69, 9.17) is 5.73 Å². The molecule has 4 nitrogen and oxygen atoms in total. The SMILES string of the molecule is COC(=O)C#Cc1sc(N)nc1C. The van der Waals surface area contributed by atoms with Gasteiger partial charge in [-0.25, -0.2) is 9.78 Å². The highest BCUT2D eigenvalue weighted by molar-refractivity contribution is 7.16. The Balaban J connectivity index is 2.89. The summed E-state index contributed by atoms with van der Waals surface area (Å²) in [6, 6.07) is 0. The molecular weight excluding hydrogens is 188 g/mol. The van der Waals surface area contributed by atoms with Gasteiger partial charge < -0.3 is 10.5 Å². The van der Waals surface area contributed by atoms with Crippen molar-refractivity contribution in [2.75, 3.05) is 12.8 Å². The molecule has 0 aromatic carbocycles. The number of methoxy groups -OCH3 is 1. The fraction of sp³-hybridized carbons (Fsp3) is 0.250. The lowest BCUT2D eigenvalue weighted by Crippen LogP contribution is -1.94. The van der Waals surface area contributed by atoms with E-state index in [1.165, 1.54) is 18.4 Å². The summed E-state index contributed by atoms with van der Waals surface area (Å²) >= 11 is 1.25. The van der Waals surface area contributed by atoms with E-state index in [1.54, 1.807) is 6.92 Å². The second kappa shape index (κ2) is 3.92. The summed E-state index contributed by atoms with van der Waals surface area (Å²) in [5.74, 6) is 4.38. The average molecular weight is 196 g/mol. The predicted octanol–water partition coefficient (Wildman–Crippen LogP) is 0.558. The number of hydrogen-bond acceptors (Lipinski definition) is 5. The van der Waals surface area contributed by atoms with Gasteiger partial charge >= 0.3 is 5.97 Å². The zero-order valence-corrected chi connectivity index (χ0v) is 8.07. The van der Waals surface area contributed by atoms with Crippen LogP contribution >= 0.6 is 11.3 Å². The van der Waals surface area contributed by atoms with Crippen LogP contribution in [0.1, 0.15) is 10.6 Å². The van der Waals surface area contributed by atoms with Crippen LogP contribution in [0.2, 0.25) is 0 Å². The Hall–Kier alpha value is -1.54. The van der Waals surface area contributed by atoms with Crippen LogP contribution in [0.4, 0.5) is 5.13 Å². The summed E-state index contributed by atoms with van der Waals surface area (Å²) in [5, 5.41) is 0.451. The van der Waals surface area contributed by atoms with Crippen molar-refractivity contribution in [3.63, 3.8) is 0 Å². The molecule has 1 aromatic heterocycles. The Morgan fingerprint density at radius 1 is 1.69 bits per heavy atom. The molecule has 1 heterocycles. The van der Waals surface area contributed by atoms with Crippen molar-refractivity contribution in [2.45, 2.75) is 6.92 Å². The van der Waals surface area contributed by atoms with Crippen LogP contribution in [-0.4, -0.2) is 18.1 Å². The Morgan fingerprint density at radius 2 is 2.38 bits per heavy atom. The van der Waals surface area contributed by atoms with Crippen LogP contribution in [-0.2, 0) is 9.53 Å². The van der Waals surface area contributed by atoms with Crippen LogP contribution < -0.4 is 5.73 Å². The molecule has 0 aliphatic heterocycles. The molecule has 13 heavy (non-hydrogen) atoms. The fourth-order valence-corrected chi connectivity index (χ4v) is 1.38. The summed E-state index contributed by atoms with van der Waals surface area (Å²) in [7, 11) is 1.28. The van der Waals surface area contributed by atoms with Crippen molar-refractivity contribution in [2.24, 2.45) is 0 Å². The summed E-state index contributed by atoms with van der Waals surface area (Å²) in [6.07, 6.45) is 0. The van der Waals surface area contributed by atoms with Gasteiger partial charge in [0.15, 0.2) is 5.13 Å². The number of aryl methyl sites for hydroxylation is 1. The van der Waals surface area contributed by atoms with E-state index in [-0.39, 0.29) is 0 Å². The maximum Gasteiger partial charge on any atom is 0.384 e. The number of aromatic nitrogens is 1. The number of nitrogen functional groups attached to an aromatic ring is 1.